The molecular formula is C18H21N3OS2. The Balaban J connectivity index is 1.36. The molecule has 1 fully saturated rings. The van der Waals surface area contributed by atoms with Crippen LogP contribution >= 0.6 is 22.7 Å². The average molecular weight is 360 g/mol. The molecule has 3 aromatic rings. The molecule has 3 aromatic heterocycles. The number of nitrogens with one attached hydrogen (secondary N) is 1. The number of furan rings is 1. The first-order valence-electron chi connectivity index (χ1n) is 8.36. The quantitative estimate of drug-likeness (QED) is 0.679. The Morgan fingerprint density at radius 3 is 2.88 bits per heavy atom. The Labute approximate surface area is 150 Å². The number of rotatable bonds is 7. The fraction of sp³-hybridized carbons (Fsp3) is 0.389. The fourth-order valence-corrected chi connectivity index (χ4v) is 4.82. The van der Waals surface area contributed by atoms with Gasteiger partial charge in [-0.05, 0) is 49.5 Å². The lowest BCUT2D eigenvalue weighted by molar-refractivity contribution is 0.209. The molecule has 0 aromatic carbocycles. The molecule has 1 aliphatic rings. The van der Waals surface area contributed by atoms with Gasteiger partial charge < -0.3 is 9.73 Å². The molecule has 24 heavy (non-hydrogen) atoms. The van der Waals surface area contributed by atoms with Crippen molar-refractivity contribution in [2.75, 3.05) is 19.6 Å². The van der Waals surface area contributed by atoms with Crippen LogP contribution in [0.4, 0.5) is 0 Å². The number of nitrogens with zero attached hydrogens (tertiary/aromatic N) is 2. The average Bonchev–Trinajstić information content (AvgIpc) is 3.41. The Hall–Kier alpha value is -1.47. The second kappa shape index (κ2) is 7.61. The van der Waals surface area contributed by atoms with Gasteiger partial charge in [-0.25, -0.2) is 4.98 Å². The highest BCUT2D eigenvalue weighted by Gasteiger charge is 2.25. The fourth-order valence-electron chi connectivity index (χ4n) is 3.18. The van der Waals surface area contributed by atoms with Crippen molar-refractivity contribution >= 4 is 22.7 Å². The molecule has 0 aliphatic carbocycles. The molecule has 1 N–H and O–H groups in total. The molecule has 0 amide bonds. The van der Waals surface area contributed by atoms with E-state index in [1.807, 2.05) is 6.07 Å². The largest absolute Gasteiger partial charge is 0.468 e. The molecule has 1 unspecified atom stereocenters. The van der Waals surface area contributed by atoms with Gasteiger partial charge in [0.1, 0.15) is 10.8 Å². The van der Waals surface area contributed by atoms with Gasteiger partial charge in [-0.3, -0.25) is 4.90 Å². The van der Waals surface area contributed by atoms with Gasteiger partial charge in [0, 0.05) is 18.5 Å². The Morgan fingerprint density at radius 2 is 2.12 bits per heavy atom. The highest BCUT2D eigenvalue weighted by atomic mass is 32.1. The first-order valence-corrected chi connectivity index (χ1v) is 10.1. The topological polar surface area (TPSA) is 41.3 Å². The summed E-state index contributed by atoms with van der Waals surface area (Å²) >= 11 is 3.46. The van der Waals surface area contributed by atoms with E-state index >= 15 is 0 Å². The first kappa shape index (κ1) is 16.0. The van der Waals surface area contributed by atoms with Gasteiger partial charge in [0.15, 0.2) is 0 Å². The maximum Gasteiger partial charge on any atom is 0.133 e. The van der Waals surface area contributed by atoms with Crippen LogP contribution in [-0.4, -0.2) is 29.5 Å². The molecule has 126 valence electrons. The zero-order valence-electron chi connectivity index (χ0n) is 13.5. The van der Waals surface area contributed by atoms with Crippen LogP contribution in [0.2, 0.25) is 0 Å². The summed E-state index contributed by atoms with van der Waals surface area (Å²) in [6.07, 6.45) is 4.34. The maximum absolute atomic E-state index is 5.67. The molecule has 1 saturated heterocycles. The van der Waals surface area contributed by atoms with Crippen LogP contribution in [0.15, 0.2) is 45.7 Å². The van der Waals surface area contributed by atoms with Gasteiger partial charge in [0.2, 0.25) is 0 Å². The lowest BCUT2D eigenvalue weighted by Gasteiger charge is -2.26. The molecule has 4 nitrogen and oxygen atoms in total. The lowest BCUT2D eigenvalue weighted by Crippen LogP contribution is -2.33. The predicted octanol–water partition coefficient (Wildman–Crippen LogP) is 4.39. The molecule has 6 heteroatoms. The second-order valence-electron chi connectivity index (χ2n) is 6.03. The van der Waals surface area contributed by atoms with E-state index in [4.69, 9.17) is 9.40 Å². The zero-order valence-corrected chi connectivity index (χ0v) is 15.1. The molecule has 4 rings (SSSR count). The maximum atomic E-state index is 5.67. The highest BCUT2D eigenvalue weighted by molar-refractivity contribution is 7.20. The van der Waals surface area contributed by atoms with Crippen molar-refractivity contribution in [1.29, 1.82) is 0 Å². The van der Waals surface area contributed by atoms with Crippen molar-refractivity contribution in [3.05, 3.63) is 52.7 Å². The molecule has 0 radical (unpaired) electrons. The highest BCUT2D eigenvalue weighted by Crippen LogP contribution is 2.28. The van der Waals surface area contributed by atoms with Gasteiger partial charge in [0.25, 0.3) is 0 Å². The van der Waals surface area contributed by atoms with Gasteiger partial charge >= 0.3 is 0 Å². The Morgan fingerprint density at radius 1 is 1.21 bits per heavy atom. The molecule has 1 aliphatic heterocycles. The van der Waals surface area contributed by atoms with E-state index in [-0.39, 0.29) is 0 Å². The van der Waals surface area contributed by atoms with Gasteiger partial charge in [-0.1, -0.05) is 6.07 Å². The smallest absolute Gasteiger partial charge is 0.133 e. The molecule has 0 saturated carbocycles. The molecule has 4 heterocycles. The summed E-state index contributed by atoms with van der Waals surface area (Å²) in [5, 5.41) is 8.93. The number of likely N-dealkylation sites (tertiary alicyclic amines) is 1. The van der Waals surface area contributed by atoms with E-state index in [0.29, 0.717) is 6.04 Å². The summed E-state index contributed by atoms with van der Waals surface area (Å²) in [6.45, 7) is 4.00. The number of thiazole rings is 1. The SMILES string of the molecule is c1coc(C(CNCc2csc(-c3cccs3)n2)N2CCCC2)c1. The van der Waals surface area contributed by atoms with Crippen LogP contribution < -0.4 is 5.32 Å². The third-order valence-corrected chi connectivity index (χ3v) is 6.31. The molecule has 0 spiro atoms. The van der Waals surface area contributed by atoms with Crippen LogP contribution in [0.1, 0.15) is 30.3 Å². The third-order valence-electron chi connectivity index (χ3n) is 4.38. The normalized spacial score (nSPS) is 16.7. The summed E-state index contributed by atoms with van der Waals surface area (Å²) in [5.41, 5.74) is 1.11. The predicted molar refractivity (Wildman–Crippen MR) is 99.4 cm³/mol. The van der Waals surface area contributed by atoms with E-state index in [1.165, 1.54) is 17.7 Å². The van der Waals surface area contributed by atoms with Crippen LogP contribution in [-0.2, 0) is 6.54 Å². The van der Waals surface area contributed by atoms with Gasteiger partial charge in [-0.2, -0.15) is 0 Å². The second-order valence-corrected chi connectivity index (χ2v) is 7.83. The van der Waals surface area contributed by atoms with Gasteiger partial charge in [-0.15, -0.1) is 22.7 Å². The summed E-state index contributed by atoms with van der Waals surface area (Å²) in [6, 6.07) is 8.58. The van der Waals surface area contributed by atoms with Crippen LogP contribution in [0, 0.1) is 0 Å². The van der Waals surface area contributed by atoms with Gasteiger partial charge in [0.05, 0.1) is 22.9 Å². The minimum Gasteiger partial charge on any atom is -0.468 e. The van der Waals surface area contributed by atoms with Crippen molar-refractivity contribution in [3.8, 4) is 9.88 Å². The minimum absolute atomic E-state index is 0.318. The Bertz CT molecular complexity index is 730. The van der Waals surface area contributed by atoms with Crippen molar-refractivity contribution < 1.29 is 4.42 Å². The minimum atomic E-state index is 0.318. The molecular weight excluding hydrogens is 338 g/mol. The van der Waals surface area contributed by atoms with Crippen molar-refractivity contribution in [2.45, 2.75) is 25.4 Å². The zero-order chi connectivity index (χ0) is 16.2. The van der Waals surface area contributed by atoms with Crippen LogP contribution in [0.5, 0.6) is 0 Å². The van der Waals surface area contributed by atoms with Crippen molar-refractivity contribution in [3.63, 3.8) is 0 Å². The van der Waals surface area contributed by atoms with Crippen molar-refractivity contribution in [1.82, 2.24) is 15.2 Å². The summed E-state index contributed by atoms with van der Waals surface area (Å²) in [4.78, 5) is 8.50. The van der Waals surface area contributed by atoms with E-state index in [0.717, 1.165) is 42.6 Å². The van der Waals surface area contributed by atoms with E-state index in [1.54, 1.807) is 28.9 Å². The van der Waals surface area contributed by atoms with Crippen LogP contribution in [0.25, 0.3) is 9.88 Å². The van der Waals surface area contributed by atoms with Crippen molar-refractivity contribution in [2.24, 2.45) is 0 Å². The Kier molecular flexibility index (Phi) is 5.08. The van der Waals surface area contributed by atoms with Crippen LogP contribution in [0.3, 0.4) is 0 Å². The number of thiophene rings is 1. The monoisotopic (exact) mass is 359 g/mol. The van der Waals surface area contributed by atoms with E-state index in [2.05, 4.69) is 39.2 Å². The summed E-state index contributed by atoms with van der Waals surface area (Å²) in [5.74, 6) is 1.06. The third kappa shape index (κ3) is 3.62. The number of hydrogen-bond acceptors (Lipinski definition) is 6. The molecule has 0 bridgehead atoms. The first-order chi connectivity index (χ1) is 11.9. The lowest BCUT2D eigenvalue weighted by atomic mass is 10.2. The number of aromatic nitrogens is 1. The summed E-state index contributed by atoms with van der Waals surface area (Å²) in [7, 11) is 0. The van der Waals surface area contributed by atoms with E-state index < -0.39 is 0 Å². The number of hydrogen-bond donors (Lipinski definition) is 1. The standard InChI is InChI=1S/C18H21N3OS2/c1-2-8-21(7-1)15(16-5-3-9-22-16)12-19-11-14-13-24-18(20-14)17-6-4-10-23-17/h3-6,9-10,13,15,19H,1-2,7-8,11-12H2. The van der Waals surface area contributed by atoms with E-state index in [9.17, 15) is 0 Å². The molecule has 1 atom stereocenters. The summed E-state index contributed by atoms with van der Waals surface area (Å²) < 4.78 is 5.67.